The molecular formula is C36H72O4S. The van der Waals surface area contributed by atoms with Gasteiger partial charge < -0.3 is 9.29 Å². The first-order valence-corrected chi connectivity index (χ1v) is 18.9. The molecule has 0 radical (unpaired) electrons. The first-order chi connectivity index (χ1) is 20.0. The second-order valence-electron chi connectivity index (χ2n) is 12.0. The van der Waals surface area contributed by atoms with Crippen LogP contribution in [-0.2, 0) is 13.8 Å². The molecule has 41 heavy (non-hydrogen) atoms. The molecule has 0 bridgehead atoms. The summed E-state index contributed by atoms with van der Waals surface area (Å²) in [6.45, 7) is 8.06. The standard InChI is InChI=1S/C33H66O2S.C3H6O2/c1-4-7-9-11-13-15-17-18-19-20-21-23-25-27-29-31-32(36-35-33(34)6-3)30-28-26-24-22-16-14-12-10-8-5-2;1-2-3(4)5/h32H,4-31H2,1-3H3;2H2,1H3,(H,4,5). The Morgan fingerprint density at radius 3 is 1.00 bits per heavy atom. The Balaban J connectivity index is 0. The van der Waals surface area contributed by atoms with E-state index in [1.807, 2.05) is 6.92 Å². The zero-order chi connectivity index (χ0) is 30.7. The predicted molar refractivity (Wildman–Crippen MR) is 182 cm³/mol. The van der Waals surface area contributed by atoms with Crippen molar-refractivity contribution in [2.45, 2.75) is 219 Å². The van der Waals surface area contributed by atoms with Gasteiger partial charge in [0.15, 0.2) is 0 Å². The molecule has 0 amide bonds. The average Bonchev–Trinajstić information content (AvgIpc) is 2.98. The quantitative estimate of drug-likeness (QED) is 0.0633. The smallest absolute Gasteiger partial charge is 0.317 e. The number of aliphatic carboxylic acids is 1. The van der Waals surface area contributed by atoms with E-state index < -0.39 is 5.97 Å². The summed E-state index contributed by atoms with van der Waals surface area (Å²) in [7, 11) is 0. The van der Waals surface area contributed by atoms with Gasteiger partial charge in [0.05, 0.1) is 12.0 Å². The van der Waals surface area contributed by atoms with Crippen LogP contribution < -0.4 is 0 Å². The molecule has 1 unspecified atom stereocenters. The van der Waals surface area contributed by atoms with Gasteiger partial charge in [0.25, 0.3) is 0 Å². The molecule has 0 aromatic heterocycles. The van der Waals surface area contributed by atoms with Crippen LogP contribution in [0.25, 0.3) is 0 Å². The summed E-state index contributed by atoms with van der Waals surface area (Å²) in [5.41, 5.74) is 0. The van der Waals surface area contributed by atoms with Crippen molar-refractivity contribution in [3.63, 3.8) is 0 Å². The van der Waals surface area contributed by atoms with Crippen LogP contribution in [0.2, 0.25) is 0 Å². The van der Waals surface area contributed by atoms with Crippen LogP contribution in [0.5, 0.6) is 0 Å². The van der Waals surface area contributed by atoms with Crippen molar-refractivity contribution in [2.75, 3.05) is 0 Å². The summed E-state index contributed by atoms with van der Waals surface area (Å²) in [6.07, 6.45) is 38.1. The van der Waals surface area contributed by atoms with E-state index in [-0.39, 0.29) is 12.4 Å². The molecule has 0 aromatic rings. The van der Waals surface area contributed by atoms with Crippen molar-refractivity contribution in [3.8, 4) is 0 Å². The maximum absolute atomic E-state index is 11.6. The highest BCUT2D eigenvalue weighted by atomic mass is 32.2. The summed E-state index contributed by atoms with van der Waals surface area (Å²) in [5, 5.41) is 8.22. The number of rotatable bonds is 31. The lowest BCUT2D eigenvalue weighted by molar-refractivity contribution is -0.136. The Bertz CT molecular complexity index is 526. The third kappa shape index (κ3) is 39.3. The number of carbonyl (C=O) groups is 2. The van der Waals surface area contributed by atoms with Gasteiger partial charge in [-0.1, -0.05) is 188 Å². The maximum Gasteiger partial charge on any atom is 0.317 e. The monoisotopic (exact) mass is 601 g/mol. The first-order valence-electron chi connectivity index (χ1n) is 18.1. The van der Waals surface area contributed by atoms with Gasteiger partial charge in [0.1, 0.15) is 0 Å². The van der Waals surface area contributed by atoms with E-state index in [9.17, 15) is 9.59 Å². The highest BCUT2D eigenvalue weighted by molar-refractivity contribution is 7.95. The minimum atomic E-state index is -0.745. The van der Waals surface area contributed by atoms with E-state index in [4.69, 9.17) is 9.29 Å². The number of carboxylic acid groups (broad SMARTS) is 1. The van der Waals surface area contributed by atoms with E-state index in [0.717, 1.165) is 0 Å². The van der Waals surface area contributed by atoms with E-state index in [2.05, 4.69) is 13.8 Å². The molecule has 5 heteroatoms. The highest BCUT2D eigenvalue weighted by Gasteiger charge is 2.13. The topological polar surface area (TPSA) is 63.6 Å². The SMILES string of the molecule is CCC(=O)O.CCCCCCCCCCCCCCCCCC(CCCCCCCCCCCC)SOC(=O)CC. The molecule has 0 aromatic carbocycles. The van der Waals surface area contributed by atoms with Gasteiger partial charge in [0, 0.05) is 18.1 Å². The molecule has 246 valence electrons. The third-order valence-corrected chi connectivity index (χ3v) is 8.90. The van der Waals surface area contributed by atoms with Crippen LogP contribution in [0.1, 0.15) is 214 Å². The Morgan fingerprint density at radius 1 is 0.488 bits per heavy atom. The van der Waals surface area contributed by atoms with Crippen molar-refractivity contribution in [2.24, 2.45) is 0 Å². The molecule has 0 aliphatic heterocycles. The molecule has 0 rings (SSSR count). The molecule has 0 aliphatic rings. The lowest BCUT2D eigenvalue weighted by atomic mass is 10.0. The molecule has 0 saturated carbocycles. The molecule has 0 spiro atoms. The van der Waals surface area contributed by atoms with E-state index >= 15 is 0 Å². The molecule has 0 fully saturated rings. The number of carbonyl (C=O) groups excluding carboxylic acids is 1. The fourth-order valence-corrected chi connectivity index (χ4v) is 5.91. The second-order valence-corrected chi connectivity index (χ2v) is 13.0. The fourth-order valence-electron chi connectivity index (χ4n) is 5.02. The first kappa shape index (κ1) is 42.4. The highest BCUT2D eigenvalue weighted by Crippen LogP contribution is 2.26. The second kappa shape index (κ2) is 37.3. The van der Waals surface area contributed by atoms with Crippen molar-refractivity contribution >= 4 is 24.0 Å². The summed E-state index contributed by atoms with van der Waals surface area (Å²) >= 11 is 1.47. The van der Waals surface area contributed by atoms with Gasteiger partial charge in [-0.15, -0.1) is 0 Å². The molecule has 1 N–H and O–H groups in total. The molecule has 0 heterocycles. The summed E-state index contributed by atoms with van der Waals surface area (Å²) < 4.78 is 5.45. The van der Waals surface area contributed by atoms with Gasteiger partial charge in [-0.2, -0.15) is 0 Å². The van der Waals surface area contributed by atoms with E-state index in [1.165, 1.54) is 185 Å². The minimum Gasteiger partial charge on any atom is -0.481 e. The fraction of sp³-hybridized carbons (Fsp3) is 0.944. The van der Waals surface area contributed by atoms with Crippen molar-refractivity contribution in [1.29, 1.82) is 0 Å². The van der Waals surface area contributed by atoms with Crippen LogP contribution in [-0.4, -0.2) is 22.3 Å². The van der Waals surface area contributed by atoms with Crippen LogP contribution in [0.4, 0.5) is 0 Å². The van der Waals surface area contributed by atoms with Gasteiger partial charge in [-0.3, -0.25) is 9.59 Å². The lowest BCUT2D eigenvalue weighted by Crippen LogP contribution is -2.07. The van der Waals surface area contributed by atoms with Crippen molar-refractivity contribution < 1.29 is 18.9 Å². The van der Waals surface area contributed by atoms with Crippen LogP contribution in [0.15, 0.2) is 0 Å². The van der Waals surface area contributed by atoms with Crippen molar-refractivity contribution in [3.05, 3.63) is 0 Å². The van der Waals surface area contributed by atoms with Gasteiger partial charge in [-0.25, -0.2) is 0 Å². The van der Waals surface area contributed by atoms with E-state index in [0.29, 0.717) is 11.7 Å². The number of carboxylic acids is 1. The summed E-state index contributed by atoms with van der Waals surface area (Å²) in [5.74, 6) is -0.811. The number of unbranched alkanes of at least 4 members (excludes halogenated alkanes) is 23. The average molecular weight is 601 g/mol. The lowest BCUT2D eigenvalue weighted by Gasteiger charge is -2.15. The van der Waals surface area contributed by atoms with Crippen LogP contribution in [0.3, 0.4) is 0 Å². The Kier molecular flexibility index (Phi) is 38.6. The van der Waals surface area contributed by atoms with Gasteiger partial charge >= 0.3 is 11.9 Å². The van der Waals surface area contributed by atoms with Crippen LogP contribution in [0, 0.1) is 0 Å². The molecule has 1 atom stereocenters. The zero-order valence-corrected chi connectivity index (χ0v) is 29.0. The Morgan fingerprint density at radius 2 is 0.756 bits per heavy atom. The Labute approximate surface area is 261 Å². The number of hydrogen-bond acceptors (Lipinski definition) is 4. The van der Waals surface area contributed by atoms with Gasteiger partial charge in [0.2, 0.25) is 0 Å². The largest absolute Gasteiger partial charge is 0.481 e. The van der Waals surface area contributed by atoms with Gasteiger partial charge in [-0.05, 0) is 12.8 Å². The third-order valence-electron chi connectivity index (χ3n) is 7.88. The molecule has 0 saturated heterocycles. The zero-order valence-electron chi connectivity index (χ0n) is 28.2. The maximum atomic E-state index is 11.6. The minimum absolute atomic E-state index is 0.0652. The number of hydrogen-bond donors (Lipinski definition) is 1. The van der Waals surface area contributed by atoms with Crippen LogP contribution >= 0.6 is 12.0 Å². The summed E-state index contributed by atoms with van der Waals surface area (Å²) in [4.78, 5) is 21.0. The normalized spacial score (nSPS) is 11.6. The predicted octanol–water partition coefficient (Wildman–Crippen LogP) is 13.0. The van der Waals surface area contributed by atoms with E-state index in [1.54, 1.807) is 6.92 Å². The molecular weight excluding hydrogens is 528 g/mol. The molecule has 4 nitrogen and oxygen atoms in total. The summed E-state index contributed by atoms with van der Waals surface area (Å²) in [6, 6.07) is 0. The van der Waals surface area contributed by atoms with Crippen molar-refractivity contribution in [1.82, 2.24) is 0 Å². The molecule has 0 aliphatic carbocycles. The Hall–Kier alpha value is -0.710.